The van der Waals surface area contributed by atoms with E-state index in [0.717, 1.165) is 4.57 Å². The topological polar surface area (TPSA) is 9.86 Å². The third-order valence-electron chi connectivity index (χ3n) is 8.42. The van der Waals surface area contributed by atoms with Crippen LogP contribution in [0.3, 0.4) is 0 Å². The molecule has 0 saturated heterocycles. The van der Waals surface area contributed by atoms with Crippen LogP contribution in [-0.2, 0) is 0 Å². The summed E-state index contributed by atoms with van der Waals surface area (Å²) in [6, 6.07) is -30.3. The van der Waals surface area contributed by atoms with Gasteiger partial charge in [-0.3, -0.25) is 0 Å². The molecule has 0 aliphatic heterocycles. The lowest BCUT2D eigenvalue weighted by atomic mass is 9.99. The Morgan fingerprint density at radius 1 is 0.288 bits per heavy atom. The normalized spacial score (nSPS) is 20.5. The first-order valence-electron chi connectivity index (χ1n) is 31.3. The summed E-state index contributed by atoms with van der Waals surface area (Å²) in [6.07, 6.45) is 0. The smallest absolute Gasteiger partial charge is 0.0645 e. The van der Waals surface area contributed by atoms with Crippen molar-refractivity contribution >= 4 is 65.2 Å². The molecule has 0 fully saturated rings. The van der Waals surface area contributed by atoms with Gasteiger partial charge in [-0.1, -0.05) is 127 Å². The van der Waals surface area contributed by atoms with Gasteiger partial charge in [0.1, 0.15) is 0 Å². The van der Waals surface area contributed by atoms with Crippen LogP contribution in [0.25, 0.3) is 98.8 Å². The predicted molar refractivity (Wildman–Crippen MR) is 221 cm³/mol. The van der Waals surface area contributed by atoms with Crippen molar-refractivity contribution in [3.8, 4) is 33.6 Å². The van der Waals surface area contributed by atoms with E-state index in [1.165, 1.54) is 0 Å². The third-order valence-corrected chi connectivity index (χ3v) is 8.42. The average molecular weight is 693 g/mol. The second kappa shape index (κ2) is 11.3. The molecule has 11 aromatic rings. The van der Waals surface area contributed by atoms with Crippen molar-refractivity contribution in [2.75, 3.05) is 0 Å². The molecule has 2 nitrogen and oxygen atoms in total. The van der Waals surface area contributed by atoms with Crippen LogP contribution < -0.4 is 0 Å². The van der Waals surface area contributed by atoms with E-state index in [1.807, 2.05) is 0 Å². The molecule has 2 aromatic heterocycles. The Morgan fingerprint density at radius 2 is 0.788 bits per heavy atom. The quantitative estimate of drug-likeness (QED) is 0.174. The van der Waals surface area contributed by atoms with Crippen LogP contribution in [0.5, 0.6) is 0 Å². The number of fused-ring (bicyclic) bond motifs is 9. The number of benzene rings is 9. The zero-order chi connectivity index (χ0) is 62.0. The average Bonchev–Trinajstić information content (AvgIpc) is 1.56. The van der Waals surface area contributed by atoms with Gasteiger partial charge in [-0.2, -0.15) is 0 Å². The molecule has 2 heteroatoms. The van der Waals surface area contributed by atoms with Crippen molar-refractivity contribution in [2.45, 2.75) is 0 Å². The second-order valence-electron chi connectivity index (χ2n) is 11.3. The van der Waals surface area contributed by atoms with Crippen molar-refractivity contribution < 1.29 is 43.9 Å². The lowest BCUT2D eigenvalue weighted by Crippen LogP contribution is -1.94. The Balaban J connectivity index is 1.32. The maximum atomic E-state index is 10.0. The summed E-state index contributed by atoms with van der Waals surface area (Å²) >= 11 is 0. The van der Waals surface area contributed by atoms with E-state index in [1.54, 1.807) is 0 Å². The largest absolute Gasteiger partial charge is 0.309 e. The first-order chi connectivity index (χ1) is 39.1. The summed E-state index contributed by atoms with van der Waals surface area (Å²) < 4.78 is 290. The number of hydrogen-bond acceptors (Lipinski definition) is 0. The van der Waals surface area contributed by atoms with Gasteiger partial charge in [0.25, 0.3) is 0 Å². The van der Waals surface area contributed by atoms with Crippen molar-refractivity contribution in [3.63, 3.8) is 0 Å². The van der Waals surface area contributed by atoms with Crippen molar-refractivity contribution in [2.24, 2.45) is 0 Å². The van der Waals surface area contributed by atoms with Crippen LogP contribution in [-0.4, -0.2) is 9.13 Å². The fourth-order valence-electron chi connectivity index (χ4n) is 6.18. The van der Waals surface area contributed by atoms with E-state index in [2.05, 4.69) is 0 Å². The van der Waals surface area contributed by atoms with Gasteiger partial charge in [0.2, 0.25) is 0 Å². The first kappa shape index (κ1) is 11.6. The lowest BCUT2D eigenvalue weighted by Gasteiger charge is -2.10. The molecule has 0 aliphatic rings. The van der Waals surface area contributed by atoms with Crippen LogP contribution >= 0.6 is 0 Å². The van der Waals surface area contributed by atoms with Gasteiger partial charge < -0.3 is 9.13 Å². The van der Waals surface area contributed by atoms with E-state index in [0.29, 0.717) is 4.57 Å². The summed E-state index contributed by atoms with van der Waals surface area (Å²) in [5, 5.41) is -4.87. The maximum Gasteiger partial charge on any atom is 0.0645 e. The molecule has 0 aliphatic carbocycles. The van der Waals surface area contributed by atoms with Crippen LogP contribution in [0.2, 0.25) is 0 Å². The van der Waals surface area contributed by atoms with Gasteiger partial charge in [-0.05, 0) is 110 Å². The standard InChI is InChI=1S/C50H32N2/c1-2-13-40(14-3-1)52-48-28-24-39(32-45(48)50-42-15-7-6-11-35(42)22-29-49(50)52)38-23-27-47-44(31-38)43-16-8-9-17-46(43)51(47)41-25-20-34(21-26-41)37-19-18-33-10-4-5-12-36(33)30-37/h1-32H/i1D,2D,3D,4D,5D,6D,7D,8D,9D,10D,11D,12D,13D,14D,15D,16D,17D,18D,19D,20D,21D,22D,23D,24D,25D,26D,27D,28D,29D,30D,31D,32D. The van der Waals surface area contributed by atoms with E-state index in [9.17, 15) is 17.8 Å². The Bertz CT molecular complexity index is 4980. The van der Waals surface area contributed by atoms with E-state index in [-0.39, 0.29) is 0 Å². The molecular weight excluding hydrogens is 629 g/mol. The second-order valence-corrected chi connectivity index (χ2v) is 11.3. The Labute approximate surface area is 346 Å². The molecule has 0 amide bonds. The first-order valence-corrected chi connectivity index (χ1v) is 15.3. The number of hydrogen-bond donors (Lipinski definition) is 0. The highest BCUT2D eigenvalue weighted by atomic mass is 15.0. The van der Waals surface area contributed by atoms with Crippen LogP contribution in [0.15, 0.2) is 193 Å². The monoisotopic (exact) mass is 692 g/mol. The van der Waals surface area contributed by atoms with E-state index >= 15 is 0 Å². The van der Waals surface area contributed by atoms with Crippen LogP contribution in [0.1, 0.15) is 43.9 Å². The van der Waals surface area contributed by atoms with Gasteiger partial charge in [-0.15, -0.1) is 0 Å². The minimum Gasteiger partial charge on any atom is -0.309 e. The molecule has 0 spiro atoms. The van der Waals surface area contributed by atoms with Crippen molar-refractivity contribution in [3.05, 3.63) is 193 Å². The Morgan fingerprint density at radius 3 is 1.60 bits per heavy atom. The fourth-order valence-corrected chi connectivity index (χ4v) is 6.18. The summed E-state index contributed by atoms with van der Waals surface area (Å²) in [7, 11) is 0. The molecule has 11 rings (SSSR count). The highest BCUT2D eigenvalue weighted by Gasteiger charge is 2.17. The third kappa shape index (κ3) is 4.38. The van der Waals surface area contributed by atoms with Gasteiger partial charge in [0.05, 0.1) is 65.9 Å². The molecule has 0 atom stereocenters. The molecule has 0 bridgehead atoms. The molecule has 9 aromatic carbocycles. The molecule has 0 N–H and O–H groups in total. The van der Waals surface area contributed by atoms with Crippen LogP contribution in [0.4, 0.5) is 0 Å². The van der Waals surface area contributed by atoms with E-state index < -0.39 is 292 Å². The molecule has 2 heterocycles. The fraction of sp³-hybridized carbons (Fsp3) is 0. The van der Waals surface area contributed by atoms with E-state index in [4.69, 9.17) is 26.0 Å². The minimum absolute atomic E-state index is 0.547. The molecule has 0 unspecified atom stereocenters. The highest BCUT2D eigenvalue weighted by molar-refractivity contribution is 6.22. The molecular formula is C50H32N2. The number of rotatable bonds is 4. The van der Waals surface area contributed by atoms with Crippen LogP contribution in [0, 0.1) is 0 Å². The van der Waals surface area contributed by atoms with Gasteiger partial charge >= 0.3 is 0 Å². The van der Waals surface area contributed by atoms with Gasteiger partial charge in [-0.25, -0.2) is 0 Å². The zero-order valence-electron chi connectivity index (χ0n) is 57.9. The summed E-state index contributed by atoms with van der Waals surface area (Å²) in [5.74, 6) is 0. The number of para-hydroxylation sites is 2. The summed E-state index contributed by atoms with van der Waals surface area (Å²) in [6.45, 7) is 0. The summed E-state index contributed by atoms with van der Waals surface area (Å²) in [5.41, 5.74) is -7.87. The molecule has 0 radical (unpaired) electrons. The zero-order valence-corrected chi connectivity index (χ0v) is 25.9. The van der Waals surface area contributed by atoms with Gasteiger partial charge in [0, 0.05) is 32.9 Å². The number of nitrogens with zero attached hydrogens (tertiary/aromatic N) is 2. The number of aromatic nitrogens is 2. The maximum absolute atomic E-state index is 10.0. The SMILES string of the molecule is [2H]c1c([2H])c([2H])c(-n2c3c([2H])c([2H])c(-c4c([2H])c([2H])c5c(c4[2H])c4c([2H])c([2H])c([2H])c([2H])c4n5-c4c([2H])c([2H])c(-c5c([2H])c([2H])c6c([2H])c([2H])c([2H])c([2H])c6c5[2H])c([2H])c4[2H])c([2H])c3c3c4c([2H])c([2H])c([2H])c([2H])c4c([2H])c([2H])c32)c([2H])c1[2H]. The lowest BCUT2D eigenvalue weighted by molar-refractivity contribution is 1.18. The molecule has 0 saturated carbocycles. The molecule has 242 valence electrons. The van der Waals surface area contributed by atoms with Crippen molar-refractivity contribution in [1.29, 1.82) is 0 Å². The molecule has 52 heavy (non-hydrogen) atoms. The Hall–Kier alpha value is -6.90. The Kier molecular flexibility index (Phi) is 2.52. The minimum atomic E-state index is -1.11. The van der Waals surface area contributed by atoms with Crippen molar-refractivity contribution in [1.82, 2.24) is 9.13 Å². The summed E-state index contributed by atoms with van der Waals surface area (Å²) in [4.78, 5) is 0. The highest BCUT2D eigenvalue weighted by Crippen LogP contribution is 2.40. The van der Waals surface area contributed by atoms with Gasteiger partial charge in [0.15, 0.2) is 0 Å². The predicted octanol–water partition coefficient (Wildman–Crippen LogP) is 13.5.